The molecule has 0 saturated heterocycles. The average Bonchev–Trinajstić information content (AvgIpc) is 2.81. The highest BCUT2D eigenvalue weighted by molar-refractivity contribution is 9.10. The van der Waals surface area contributed by atoms with Gasteiger partial charge in [-0.05, 0) is 39.5 Å². The number of carbonyl (C=O) groups excluding carboxylic acids is 2. The highest BCUT2D eigenvalue weighted by Crippen LogP contribution is 2.34. The Morgan fingerprint density at radius 3 is 2.75 bits per heavy atom. The molecule has 1 N–H and O–H groups in total. The summed E-state index contributed by atoms with van der Waals surface area (Å²) in [6, 6.07) is 5.12. The van der Waals surface area contributed by atoms with Gasteiger partial charge >= 0.3 is 5.97 Å². The van der Waals surface area contributed by atoms with Gasteiger partial charge in [-0.15, -0.1) is 11.3 Å². The predicted octanol–water partition coefficient (Wildman–Crippen LogP) is 3.75. The monoisotopic (exact) mass is 356 g/mol. The number of carbonyl (C=O) groups is 2. The summed E-state index contributed by atoms with van der Waals surface area (Å²) in [6.07, 6.45) is 0.118. The lowest BCUT2D eigenvalue weighted by Crippen LogP contribution is -2.16. The largest absolute Gasteiger partial charge is 0.507 e. The number of halogens is 1. The van der Waals surface area contributed by atoms with Crippen LogP contribution in [-0.4, -0.2) is 24.0 Å². The standard InChI is InChI=1S/C14H13BrO4S/c1-7(14(18)19-2)3-11(17)13-5-8-4-10(16)9(15)6-12(8)20-13/h4-7,16H,3H2,1-2H3. The minimum atomic E-state index is -0.460. The quantitative estimate of drug-likeness (QED) is 0.669. The van der Waals surface area contributed by atoms with Crippen LogP contribution >= 0.6 is 27.3 Å². The van der Waals surface area contributed by atoms with Crippen molar-refractivity contribution in [3.8, 4) is 5.75 Å². The Hall–Kier alpha value is -1.40. The van der Waals surface area contributed by atoms with Gasteiger partial charge in [-0.25, -0.2) is 0 Å². The molecular formula is C14H13BrO4S. The van der Waals surface area contributed by atoms with Crippen molar-refractivity contribution >= 4 is 49.1 Å². The summed E-state index contributed by atoms with van der Waals surface area (Å²) in [7, 11) is 1.31. The number of hydrogen-bond acceptors (Lipinski definition) is 5. The van der Waals surface area contributed by atoms with Gasteiger partial charge in [-0.1, -0.05) is 6.92 Å². The van der Waals surface area contributed by atoms with Crippen molar-refractivity contribution in [2.75, 3.05) is 7.11 Å². The van der Waals surface area contributed by atoms with Crippen LogP contribution in [0.15, 0.2) is 22.7 Å². The first-order valence-corrected chi connectivity index (χ1v) is 7.56. The highest BCUT2D eigenvalue weighted by Gasteiger charge is 2.20. The number of rotatable bonds is 4. The van der Waals surface area contributed by atoms with Gasteiger partial charge in [0.1, 0.15) is 5.75 Å². The number of aromatic hydroxyl groups is 1. The number of hydrogen-bond donors (Lipinski definition) is 1. The van der Waals surface area contributed by atoms with Gasteiger partial charge in [-0.3, -0.25) is 9.59 Å². The number of thiophene rings is 1. The van der Waals surface area contributed by atoms with Gasteiger partial charge in [0.2, 0.25) is 0 Å². The Bertz CT molecular complexity index is 638. The Balaban J connectivity index is 2.25. The van der Waals surface area contributed by atoms with E-state index in [9.17, 15) is 14.7 Å². The first-order valence-electron chi connectivity index (χ1n) is 5.95. The minimum absolute atomic E-state index is 0.0975. The van der Waals surface area contributed by atoms with Crippen LogP contribution in [0, 0.1) is 5.92 Å². The van der Waals surface area contributed by atoms with Gasteiger partial charge in [0, 0.05) is 11.1 Å². The molecule has 106 valence electrons. The molecule has 0 bridgehead atoms. The summed E-state index contributed by atoms with van der Waals surface area (Å²) in [4.78, 5) is 24.1. The summed E-state index contributed by atoms with van der Waals surface area (Å²) in [5.41, 5.74) is 0. The topological polar surface area (TPSA) is 63.6 Å². The van der Waals surface area contributed by atoms with E-state index < -0.39 is 5.92 Å². The van der Waals surface area contributed by atoms with Crippen LogP contribution in [0.3, 0.4) is 0 Å². The number of methoxy groups -OCH3 is 1. The van der Waals surface area contributed by atoms with Crippen molar-refractivity contribution in [2.24, 2.45) is 5.92 Å². The third-order valence-electron chi connectivity index (χ3n) is 2.96. The molecule has 1 unspecified atom stereocenters. The van der Waals surface area contributed by atoms with Crippen molar-refractivity contribution in [1.82, 2.24) is 0 Å². The number of phenolic OH excluding ortho intramolecular Hbond substituents is 1. The van der Waals surface area contributed by atoms with Crippen LogP contribution in [0.2, 0.25) is 0 Å². The van der Waals surface area contributed by atoms with E-state index in [1.165, 1.54) is 18.4 Å². The van der Waals surface area contributed by atoms with E-state index in [1.54, 1.807) is 25.1 Å². The van der Waals surface area contributed by atoms with Crippen LogP contribution < -0.4 is 0 Å². The number of ketones is 1. The van der Waals surface area contributed by atoms with E-state index in [2.05, 4.69) is 20.7 Å². The Morgan fingerprint density at radius 1 is 1.40 bits per heavy atom. The zero-order chi connectivity index (χ0) is 14.9. The minimum Gasteiger partial charge on any atom is -0.507 e. The van der Waals surface area contributed by atoms with Crippen molar-refractivity contribution in [1.29, 1.82) is 0 Å². The maximum absolute atomic E-state index is 12.1. The maximum Gasteiger partial charge on any atom is 0.308 e. The van der Waals surface area contributed by atoms with Crippen LogP contribution in [0.5, 0.6) is 5.75 Å². The van der Waals surface area contributed by atoms with Gasteiger partial charge in [0.15, 0.2) is 5.78 Å². The molecule has 0 aliphatic rings. The molecule has 0 aliphatic heterocycles. The molecule has 0 fully saturated rings. The molecule has 0 amide bonds. The molecule has 0 aliphatic carbocycles. The summed E-state index contributed by atoms with van der Waals surface area (Å²) in [5, 5.41) is 10.4. The van der Waals surface area contributed by atoms with E-state index in [0.29, 0.717) is 9.35 Å². The number of ether oxygens (including phenoxy) is 1. The van der Waals surface area contributed by atoms with Gasteiger partial charge in [0.05, 0.1) is 22.4 Å². The number of benzene rings is 1. The first-order chi connectivity index (χ1) is 9.42. The van der Waals surface area contributed by atoms with E-state index in [4.69, 9.17) is 0 Å². The molecule has 0 radical (unpaired) electrons. The molecule has 20 heavy (non-hydrogen) atoms. The molecule has 2 rings (SSSR count). The average molecular weight is 357 g/mol. The molecule has 2 aromatic rings. The van der Waals surface area contributed by atoms with Crippen molar-refractivity contribution in [2.45, 2.75) is 13.3 Å². The van der Waals surface area contributed by atoms with E-state index in [-0.39, 0.29) is 23.9 Å². The third-order valence-corrected chi connectivity index (χ3v) is 4.73. The fourth-order valence-electron chi connectivity index (χ4n) is 1.85. The van der Waals surface area contributed by atoms with E-state index in [0.717, 1.165) is 10.1 Å². The Kier molecular flexibility index (Phi) is 4.45. The second-order valence-electron chi connectivity index (χ2n) is 4.50. The van der Waals surface area contributed by atoms with Crippen molar-refractivity contribution in [3.63, 3.8) is 0 Å². The fourth-order valence-corrected chi connectivity index (χ4v) is 3.38. The lowest BCUT2D eigenvalue weighted by Gasteiger charge is -2.06. The number of fused-ring (bicyclic) bond motifs is 1. The van der Waals surface area contributed by atoms with Crippen molar-refractivity contribution in [3.05, 3.63) is 27.5 Å². The lowest BCUT2D eigenvalue weighted by atomic mass is 10.0. The number of phenols is 1. The molecule has 0 saturated carbocycles. The fraction of sp³-hybridized carbons (Fsp3) is 0.286. The highest BCUT2D eigenvalue weighted by atomic mass is 79.9. The Labute approximate surface area is 128 Å². The zero-order valence-electron chi connectivity index (χ0n) is 11.0. The van der Waals surface area contributed by atoms with E-state index in [1.807, 2.05) is 0 Å². The van der Waals surface area contributed by atoms with Gasteiger partial charge < -0.3 is 9.84 Å². The SMILES string of the molecule is COC(=O)C(C)CC(=O)c1cc2cc(O)c(Br)cc2s1. The molecular weight excluding hydrogens is 344 g/mol. The van der Waals surface area contributed by atoms with Crippen LogP contribution in [-0.2, 0) is 9.53 Å². The smallest absolute Gasteiger partial charge is 0.308 e. The summed E-state index contributed by atoms with van der Waals surface area (Å²) in [5.74, 6) is -0.811. The summed E-state index contributed by atoms with van der Waals surface area (Å²) >= 11 is 4.59. The molecule has 1 aromatic heterocycles. The second kappa shape index (κ2) is 5.93. The summed E-state index contributed by atoms with van der Waals surface area (Å²) < 4.78 is 6.11. The molecule has 0 spiro atoms. The third kappa shape index (κ3) is 3.02. The maximum atomic E-state index is 12.1. The molecule has 1 atom stereocenters. The number of esters is 1. The predicted molar refractivity (Wildman–Crippen MR) is 81.3 cm³/mol. The second-order valence-corrected chi connectivity index (χ2v) is 6.44. The number of Topliss-reactive ketones (excluding diaryl/α,β-unsaturated/α-hetero) is 1. The van der Waals surface area contributed by atoms with Crippen LogP contribution in [0.1, 0.15) is 23.0 Å². The molecule has 1 heterocycles. The summed E-state index contributed by atoms with van der Waals surface area (Å²) in [6.45, 7) is 1.67. The van der Waals surface area contributed by atoms with E-state index >= 15 is 0 Å². The first kappa shape index (κ1) is 15.0. The lowest BCUT2D eigenvalue weighted by molar-refractivity contribution is -0.144. The zero-order valence-corrected chi connectivity index (χ0v) is 13.4. The van der Waals surface area contributed by atoms with Crippen LogP contribution in [0.25, 0.3) is 10.1 Å². The molecule has 4 nitrogen and oxygen atoms in total. The van der Waals surface area contributed by atoms with Crippen molar-refractivity contribution < 1.29 is 19.4 Å². The van der Waals surface area contributed by atoms with Crippen LogP contribution in [0.4, 0.5) is 0 Å². The Morgan fingerprint density at radius 2 is 2.10 bits per heavy atom. The molecule has 6 heteroatoms. The van der Waals surface area contributed by atoms with Gasteiger partial charge in [0.25, 0.3) is 0 Å². The van der Waals surface area contributed by atoms with Gasteiger partial charge in [-0.2, -0.15) is 0 Å². The molecule has 1 aromatic carbocycles. The normalized spacial score (nSPS) is 12.3.